The highest BCUT2D eigenvalue weighted by Gasteiger charge is 2.16. The molecule has 2 aromatic rings. The number of hydrogen-bond donors (Lipinski definition) is 1. The average molecular weight is 283 g/mol. The summed E-state index contributed by atoms with van der Waals surface area (Å²) in [6, 6.07) is 13.7. The van der Waals surface area contributed by atoms with Gasteiger partial charge in [0.1, 0.15) is 5.82 Å². The lowest BCUT2D eigenvalue weighted by Crippen LogP contribution is -2.43. The van der Waals surface area contributed by atoms with Gasteiger partial charge in [-0.2, -0.15) is 0 Å². The van der Waals surface area contributed by atoms with Gasteiger partial charge >= 0.3 is 6.03 Å². The Morgan fingerprint density at radius 3 is 2.48 bits per heavy atom. The Kier molecular flexibility index (Phi) is 4.12. The Hall–Kier alpha value is -2.40. The first-order valence-corrected chi connectivity index (χ1v) is 6.98. The van der Waals surface area contributed by atoms with Gasteiger partial charge in [-0.1, -0.05) is 30.3 Å². The molecule has 1 fully saturated rings. The van der Waals surface area contributed by atoms with Gasteiger partial charge in [-0.05, 0) is 17.7 Å². The van der Waals surface area contributed by atoms with E-state index in [1.165, 1.54) is 0 Å². The number of ether oxygens (including phenoxy) is 1. The summed E-state index contributed by atoms with van der Waals surface area (Å²) in [4.78, 5) is 18.1. The van der Waals surface area contributed by atoms with Gasteiger partial charge in [0.15, 0.2) is 0 Å². The maximum Gasteiger partial charge on any atom is 0.323 e. The van der Waals surface area contributed by atoms with E-state index in [0.29, 0.717) is 32.1 Å². The highest BCUT2D eigenvalue weighted by Crippen LogP contribution is 2.19. The van der Waals surface area contributed by atoms with Crippen molar-refractivity contribution >= 4 is 11.8 Å². The van der Waals surface area contributed by atoms with E-state index in [1.54, 1.807) is 11.1 Å². The minimum atomic E-state index is -0.127. The fourth-order valence-corrected chi connectivity index (χ4v) is 2.22. The molecule has 1 saturated heterocycles. The molecule has 1 aromatic carbocycles. The summed E-state index contributed by atoms with van der Waals surface area (Å²) in [7, 11) is 0. The Labute approximate surface area is 123 Å². The number of urea groups is 1. The zero-order valence-electron chi connectivity index (χ0n) is 11.7. The Bertz CT molecular complexity index is 593. The predicted octanol–water partition coefficient (Wildman–Crippen LogP) is 2.61. The number of pyridine rings is 1. The van der Waals surface area contributed by atoms with Crippen LogP contribution in [0.25, 0.3) is 11.1 Å². The van der Waals surface area contributed by atoms with E-state index in [9.17, 15) is 4.79 Å². The third-order valence-corrected chi connectivity index (χ3v) is 3.40. The number of hydrogen-bond acceptors (Lipinski definition) is 3. The molecule has 0 saturated carbocycles. The number of anilines is 1. The van der Waals surface area contributed by atoms with Gasteiger partial charge in [0, 0.05) is 24.8 Å². The van der Waals surface area contributed by atoms with Gasteiger partial charge < -0.3 is 9.64 Å². The van der Waals surface area contributed by atoms with Gasteiger partial charge in [-0.25, -0.2) is 9.78 Å². The molecular weight excluding hydrogens is 266 g/mol. The lowest BCUT2D eigenvalue weighted by molar-refractivity contribution is 0.0564. The van der Waals surface area contributed by atoms with Crippen molar-refractivity contribution in [2.24, 2.45) is 0 Å². The highest BCUT2D eigenvalue weighted by atomic mass is 16.5. The highest BCUT2D eigenvalue weighted by molar-refractivity contribution is 5.88. The van der Waals surface area contributed by atoms with E-state index in [1.807, 2.05) is 42.5 Å². The van der Waals surface area contributed by atoms with Crippen LogP contribution >= 0.6 is 0 Å². The minimum Gasteiger partial charge on any atom is -0.378 e. The van der Waals surface area contributed by atoms with Crippen LogP contribution in [0.4, 0.5) is 10.6 Å². The van der Waals surface area contributed by atoms with Crippen LogP contribution in [-0.4, -0.2) is 42.2 Å². The fourth-order valence-electron chi connectivity index (χ4n) is 2.22. The number of carbonyl (C=O) groups is 1. The second-order valence-corrected chi connectivity index (χ2v) is 4.83. The van der Waals surface area contributed by atoms with Crippen molar-refractivity contribution in [3.63, 3.8) is 0 Å². The lowest BCUT2D eigenvalue weighted by Gasteiger charge is -2.26. The molecule has 1 aliphatic heterocycles. The van der Waals surface area contributed by atoms with Crippen LogP contribution in [0.15, 0.2) is 48.7 Å². The summed E-state index contributed by atoms with van der Waals surface area (Å²) >= 11 is 0. The molecule has 2 heterocycles. The third-order valence-electron chi connectivity index (χ3n) is 3.40. The molecule has 0 radical (unpaired) electrons. The van der Waals surface area contributed by atoms with Crippen LogP contribution in [0, 0.1) is 0 Å². The summed E-state index contributed by atoms with van der Waals surface area (Å²) in [5.74, 6) is 0.561. The lowest BCUT2D eigenvalue weighted by atomic mass is 10.1. The number of morpholine rings is 1. The maximum absolute atomic E-state index is 12.0. The van der Waals surface area contributed by atoms with Gasteiger partial charge in [0.05, 0.1) is 13.2 Å². The Morgan fingerprint density at radius 1 is 1.05 bits per heavy atom. The van der Waals surface area contributed by atoms with Crippen LogP contribution < -0.4 is 5.32 Å². The van der Waals surface area contributed by atoms with Crippen molar-refractivity contribution in [2.75, 3.05) is 31.6 Å². The quantitative estimate of drug-likeness (QED) is 0.921. The van der Waals surface area contributed by atoms with E-state index >= 15 is 0 Å². The van der Waals surface area contributed by atoms with Crippen molar-refractivity contribution in [2.45, 2.75) is 0 Å². The molecule has 108 valence electrons. The number of amides is 2. The monoisotopic (exact) mass is 283 g/mol. The predicted molar refractivity (Wildman–Crippen MR) is 81.1 cm³/mol. The number of benzene rings is 1. The SMILES string of the molecule is O=C(Nc1ccc(-c2ccccc2)cn1)N1CCOCC1. The molecule has 21 heavy (non-hydrogen) atoms. The second-order valence-electron chi connectivity index (χ2n) is 4.83. The van der Waals surface area contributed by atoms with Crippen molar-refractivity contribution in [3.8, 4) is 11.1 Å². The summed E-state index contributed by atoms with van der Waals surface area (Å²) in [5.41, 5.74) is 2.14. The van der Waals surface area contributed by atoms with Crippen LogP contribution in [0.2, 0.25) is 0 Å². The summed E-state index contributed by atoms with van der Waals surface area (Å²) in [5, 5.41) is 2.81. The van der Waals surface area contributed by atoms with Crippen LogP contribution in [0.3, 0.4) is 0 Å². The molecule has 5 heteroatoms. The molecule has 2 amide bonds. The van der Waals surface area contributed by atoms with Gasteiger partial charge in [0.25, 0.3) is 0 Å². The standard InChI is InChI=1S/C16H17N3O2/c20-16(19-8-10-21-11-9-19)18-15-7-6-14(12-17-15)13-4-2-1-3-5-13/h1-7,12H,8-11H2,(H,17,18,20). The average Bonchev–Trinajstić information content (AvgIpc) is 2.57. The second kappa shape index (κ2) is 6.37. The Balaban J connectivity index is 1.65. The van der Waals surface area contributed by atoms with Crippen molar-refractivity contribution < 1.29 is 9.53 Å². The van der Waals surface area contributed by atoms with E-state index in [4.69, 9.17) is 4.74 Å². The largest absolute Gasteiger partial charge is 0.378 e. The fraction of sp³-hybridized carbons (Fsp3) is 0.250. The molecule has 3 rings (SSSR count). The molecule has 0 spiro atoms. The molecule has 0 bridgehead atoms. The minimum absolute atomic E-state index is 0.127. The topological polar surface area (TPSA) is 54.5 Å². The first-order valence-electron chi connectivity index (χ1n) is 6.98. The zero-order valence-corrected chi connectivity index (χ0v) is 11.7. The van der Waals surface area contributed by atoms with E-state index in [2.05, 4.69) is 10.3 Å². The number of nitrogens with zero attached hydrogens (tertiary/aromatic N) is 2. The van der Waals surface area contributed by atoms with E-state index in [0.717, 1.165) is 11.1 Å². The van der Waals surface area contributed by atoms with Crippen molar-refractivity contribution in [3.05, 3.63) is 48.7 Å². The normalized spacial score (nSPS) is 14.8. The van der Waals surface area contributed by atoms with Crippen molar-refractivity contribution in [1.82, 2.24) is 9.88 Å². The molecule has 0 unspecified atom stereocenters. The number of aromatic nitrogens is 1. The smallest absolute Gasteiger partial charge is 0.323 e. The molecule has 0 atom stereocenters. The van der Waals surface area contributed by atoms with Crippen LogP contribution in [0.5, 0.6) is 0 Å². The zero-order chi connectivity index (χ0) is 14.5. The number of nitrogens with one attached hydrogen (secondary N) is 1. The molecular formula is C16H17N3O2. The first kappa shape index (κ1) is 13.6. The molecule has 5 nitrogen and oxygen atoms in total. The molecule has 1 N–H and O–H groups in total. The van der Waals surface area contributed by atoms with Gasteiger partial charge in [-0.15, -0.1) is 0 Å². The molecule has 1 aliphatic rings. The number of rotatable bonds is 2. The first-order chi connectivity index (χ1) is 10.3. The number of carbonyl (C=O) groups excluding carboxylic acids is 1. The van der Waals surface area contributed by atoms with Gasteiger partial charge in [0.2, 0.25) is 0 Å². The third kappa shape index (κ3) is 3.38. The summed E-state index contributed by atoms with van der Waals surface area (Å²) in [6.45, 7) is 2.42. The van der Waals surface area contributed by atoms with Crippen LogP contribution in [0.1, 0.15) is 0 Å². The maximum atomic E-state index is 12.0. The molecule has 0 aliphatic carbocycles. The molecule has 1 aromatic heterocycles. The van der Waals surface area contributed by atoms with E-state index < -0.39 is 0 Å². The van der Waals surface area contributed by atoms with Crippen LogP contribution in [-0.2, 0) is 4.74 Å². The summed E-state index contributed by atoms with van der Waals surface area (Å²) in [6.07, 6.45) is 1.77. The van der Waals surface area contributed by atoms with Gasteiger partial charge in [-0.3, -0.25) is 5.32 Å². The summed E-state index contributed by atoms with van der Waals surface area (Å²) < 4.78 is 5.23. The Morgan fingerprint density at radius 2 is 1.81 bits per heavy atom. The van der Waals surface area contributed by atoms with Crippen molar-refractivity contribution in [1.29, 1.82) is 0 Å². The van der Waals surface area contributed by atoms with E-state index in [-0.39, 0.29) is 6.03 Å².